The molecular weight excluding hydrogens is 335 g/mol. The molecule has 0 aliphatic carbocycles. The zero-order valence-electron chi connectivity index (χ0n) is 13.2. The molecule has 0 bridgehead atoms. The average molecular weight is 351 g/mol. The molecule has 0 spiro atoms. The fourth-order valence-electron chi connectivity index (χ4n) is 1.94. The third kappa shape index (κ3) is 4.73. The largest absolute Gasteiger partial charge is 0.493 e. The van der Waals surface area contributed by atoms with Gasteiger partial charge >= 0.3 is 5.97 Å². The molecule has 0 amide bonds. The number of methoxy groups -OCH3 is 2. The van der Waals surface area contributed by atoms with Crippen LogP contribution in [0.1, 0.15) is 11.1 Å². The molecule has 2 rings (SSSR count). The maximum absolute atomic E-state index is 12.9. The van der Waals surface area contributed by atoms with Crippen LogP contribution in [0, 0.1) is 5.82 Å². The Kier molecular flexibility index (Phi) is 6.21. The Morgan fingerprint density at radius 2 is 1.92 bits per heavy atom. The zero-order chi connectivity index (χ0) is 17.5. The highest BCUT2D eigenvalue weighted by Gasteiger charge is 2.12. The standard InChI is InChI=1S/C18H16ClFO4/c1-22-16-10-13(5-8-17(21)23-2)9-15(19)18(16)24-11-12-3-6-14(20)7-4-12/h3-10H,11H2,1-2H3/b8-5+. The van der Waals surface area contributed by atoms with Crippen LogP contribution in [0.2, 0.25) is 5.02 Å². The smallest absolute Gasteiger partial charge is 0.330 e. The number of carbonyl (C=O) groups is 1. The Bertz CT molecular complexity index is 741. The minimum atomic E-state index is -0.471. The van der Waals surface area contributed by atoms with Gasteiger partial charge in [-0.3, -0.25) is 0 Å². The lowest BCUT2D eigenvalue weighted by Crippen LogP contribution is -1.99. The van der Waals surface area contributed by atoms with Gasteiger partial charge in [0.05, 0.1) is 19.2 Å². The average Bonchev–Trinajstić information content (AvgIpc) is 2.59. The molecule has 2 aromatic rings. The Morgan fingerprint density at radius 3 is 2.54 bits per heavy atom. The van der Waals surface area contributed by atoms with Gasteiger partial charge in [0.2, 0.25) is 0 Å². The van der Waals surface area contributed by atoms with E-state index in [0.29, 0.717) is 22.1 Å². The first kappa shape index (κ1) is 17.8. The molecule has 0 atom stereocenters. The number of rotatable bonds is 6. The summed E-state index contributed by atoms with van der Waals surface area (Å²) in [5.74, 6) is 0.0191. The highest BCUT2D eigenvalue weighted by atomic mass is 35.5. The minimum Gasteiger partial charge on any atom is -0.493 e. The summed E-state index contributed by atoms with van der Waals surface area (Å²) in [6.45, 7) is 0.216. The number of hydrogen-bond donors (Lipinski definition) is 0. The van der Waals surface area contributed by atoms with Crippen molar-refractivity contribution in [3.05, 3.63) is 64.4 Å². The van der Waals surface area contributed by atoms with Gasteiger partial charge in [0.1, 0.15) is 12.4 Å². The van der Waals surface area contributed by atoms with Crippen molar-refractivity contribution in [2.45, 2.75) is 6.61 Å². The summed E-state index contributed by atoms with van der Waals surface area (Å²) in [4.78, 5) is 11.2. The van der Waals surface area contributed by atoms with Crippen molar-refractivity contribution in [2.24, 2.45) is 0 Å². The van der Waals surface area contributed by atoms with Crippen molar-refractivity contribution < 1.29 is 23.4 Å². The molecule has 24 heavy (non-hydrogen) atoms. The predicted octanol–water partition coefficient (Wildman–Crippen LogP) is 4.25. The normalized spacial score (nSPS) is 10.7. The highest BCUT2D eigenvalue weighted by molar-refractivity contribution is 6.32. The number of esters is 1. The lowest BCUT2D eigenvalue weighted by molar-refractivity contribution is -0.134. The third-order valence-electron chi connectivity index (χ3n) is 3.16. The highest BCUT2D eigenvalue weighted by Crippen LogP contribution is 2.37. The van der Waals surface area contributed by atoms with E-state index in [1.54, 1.807) is 30.3 Å². The molecule has 4 nitrogen and oxygen atoms in total. The van der Waals surface area contributed by atoms with Gasteiger partial charge in [0, 0.05) is 6.08 Å². The Morgan fingerprint density at radius 1 is 1.21 bits per heavy atom. The van der Waals surface area contributed by atoms with Crippen LogP contribution in [-0.4, -0.2) is 20.2 Å². The first-order valence-corrected chi connectivity index (χ1v) is 7.42. The van der Waals surface area contributed by atoms with E-state index in [0.717, 1.165) is 5.56 Å². The quantitative estimate of drug-likeness (QED) is 0.577. The second-order valence-corrected chi connectivity index (χ2v) is 5.21. The summed E-state index contributed by atoms with van der Waals surface area (Å²) in [5, 5.41) is 0.334. The second-order valence-electron chi connectivity index (χ2n) is 4.81. The van der Waals surface area contributed by atoms with E-state index in [2.05, 4.69) is 4.74 Å². The molecule has 0 aliphatic rings. The molecule has 6 heteroatoms. The van der Waals surface area contributed by atoms with Crippen LogP contribution in [0.4, 0.5) is 4.39 Å². The van der Waals surface area contributed by atoms with Crippen molar-refractivity contribution >= 4 is 23.6 Å². The van der Waals surface area contributed by atoms with Crippen LogP contribution >= 0.6 is 11.6 Å². The summed E-state index contributed by atoms with van der Waals surface area (Å²) in [6, 6.07) is 9.30. The maximum Gasteiger partial charge on any atom is 0.330 e. The zero-order valence-corrected chi connectivity index (χ0v) is 14.0. The number of hydrogen-bond acceptors (Lipinski definition) is 4. The summed E-state index contributed by atoms with van der Waals surface area (Å²) >= 11 is 6.24. The van der Waals surface area contributed by atoms with E-state index in [4.69, 9.17) is 21.1 Å². The van der Waals surface area contributed by atoms with Gasteiger partial charge in [0.15, 0.2) is 11.5 Å². The van der Waals surface area contributed by atoms with Gasteiger partial charge in [-0.15, -0.1) is 0 Å². The van der Waals surface area contributed by atoms with E-state index in [9.17, 15) is 9.18 Å². The number of ether oxygens (including phenoxy) is 3. The molecule has 0 aromatic heterocycles. The fraction of sp³-hybridized carbons (Fsp3) is 0.167. The van der Waals surface area contributed by atoms with E-state index in [1.807, 2.05) is 0 Å². The van der Waals surface area contributed by atoms with Crippen LogP contribution in [0.5, 0.6) is 11.5 Å². The second kappa shape index (κ2) is 8.36. The van der Waals surface area contributed by atoms with Gasteiger partial charge < -0.3 is 14.2 Å². The minimum absolute atomic E-state index is 0.216. The molecule has 0 aliphatic heterocycles. The molecule has 0 unspecified atom stereocenters. The summed E-state index contributed by atoms with van der Waals surface area (Å²) in [7, 11) is 2.79. The summed E-state index contributed by atoms with van der Waals surface area (Å²) in [5.41, 5.74) is 1.46. The molecule has 0 fully saturated rings. The van der Waals surface area contributed by atoms with Crippen LogP contribution in [-0.2, 0) is 16.1 Å². The molecule has 0 heterocycles. The first-order chi connectivity index (χ1) is 11.5. The van der Waals surface area contributed by atoms with E-state index < -0.39 is 5.97 Å². The molecule has 0 saturated heterocycles. The van der Waals surface area contributed by atoms with Crippen LogP contribution < -0.4 is 9.47 Å². The van der Waals surface area contributed by atoms with Crippen molar-refractivity contribution in [1.82, 2.24) is 0 Å². The topological polar surface area (TPSA) is 44.8 Å². The van der Waals surface area contributed by atoms with Crippen molar-refractivity contribution in [3.63, 3.8) is 0 Å². The first-order valence-electron chi connectivity index (χ1n) is 7.04. The van der Waals surface area contributed by atoms with Gasteiger partial charge in [-0.25, -0.2) is 9.18 Å². The number of carbonyl (C=O) groups excluding carboxylic acids is 1. The van der Waals surface area contributed by atoms with Gasteiger partial charge in [-0.1, -0.05) is 23.7 Å². The molecule has 0 radical (unpaired) electrons. The van der Waals surface area contributed by atoms with Crippen LogP contribution in [0.25, 0.3) is 6.08 Å². The number of benzene rings is 2. The van der Waals surface area contributed by atoms with Gasteiger partial charge in [-0.2, -0.15) is 0 Å². The SMILES string of the molecule is COC(=O)/C=C/c1cc(Cl)c(OCc2ccc(F)cc2)c(OC)c1. The third-order valence-corrected chi connectivity index (χ3v) is 3.44. The molecule has 2 aromatic carbocycles. The Hall–Kier alpha value is -2.53. The molecular formula is C18H16ClFO4. The lowest BCUT2D eigenvalue weighted by atomic mass is 10.2. The monoisotopic (exact) mass is 350 g/mol. The fourth-order valence-corrected chi connectivity index (χ4v) is 2.22. The number of halogens is 2. The molecule has 126 valence electrons. The van der Waals surface area contributed by atoms with Crippen molar-refractivity contribution in [3.8, 4) is 11.5 Å². The molecule has 0 N–H and O–H groups in total. The maximum atomic E-state index is 12.9. The summed E-state index contributed by atoms with van der Waals surface area (Å²) < 4.78 is 28.4. The van der Waals surface area contributed by atoms with Crippen LogP contribution in [0.3, 0.4) is 0 Å². The Labute approximate surface area is 144 Å². The van der Waals surface area contributed by atoms with Gasteiger partial charge in [-0.05, 0) is 41.5 Å². The molecule has 0 saturated carbocycles. The Balaban J connectivity index is 2.18. The summed E-state index contributed by atoms with van der Waals surface area (Å²) in [6.07, 6.45) is 2.84. The van der Waals surface area contributed by atoms with Gasteiger partial charge in [0.25, 0.3) is 0 Å². The van der Waals surface area contributed by atoms with E-state index >= 15 is 0 Å². The van der Waals surface area contributed by atoms with E-state index in [1.165, 1.54) is 32.4 Å². The van der Waals surface area contributed by atoms with E-state index in [-0.39, 0.29) is 12.4 Å². The predicted molar refractivity (Wildman–Crippen MR) is 89.8 cm³/mol. The van der Waals surface area contributed by atoms with Crippen LogP contribution in [0.15, 0.2) is 42.5 Å². The lowest BCUT2D eigenvalue weighted by Gasteiger charge is -2.13. The van der Waals surface area contributed by atoms with Crippen molar-refractivity contribution in [2.75, 3.05) is 14.2 Å². The van der Waals surface area contributed by atoms with Crippen molar-refractivity contribution in [1.29, 1.82) is 0 Å².